The van der Waals surface area contributed by atoms with Crippen LogP contribution in [-0.2, 0) is 26.6 Å². The summed E-state index contributed by atoms with van der Waals surface area (Å²) in [6, 6.07) is 0. The van der Waals surface area contributed by atoms with Crippen LogP contribution in [0.25, 0.3) is 0 Å². The first-order valence-corrected chi connectivity index (χ1v) is 11.9. The minimum Gasteiger partial charge on any atom is -0.379 e. The van der Waals surface area contributed by atoms with Gasteiger partial charge >= 0.3 is 45.4 Å². The van der Waals surface area contributed by atoms with Gasteiger partial charge in [-0.2, -0.15) is 0 Å². The van der Waals surface area contributed by atoms with Crippen molar-refractivity contribution in [2.45, 2.75) is 20.8 Å². The van der Waals surface area contributed by atoms with Crippen LogP contribution in [0.4, 0.5) is 0 Å². The van der Waals surface area contributed by atoms with Crippen molar-refractivity contribution in [3.05, 3.63) is 31.5 Å². The quantitative estimate of drug-likeness (QED) is 0.332. The Balaban J connectivity index is 3.90. The van der Waals surface area contributed by atoms with E-state index in [1.807, 2.05) is 0 Å². The van der Waals surface area contributed by atoms with Crippen LogP contribution in [0.2, 0.25) is 0 Å². The Morgan fingerprint density at radius 1 is 0.593 bits per heavy atom. The van der Waals surface area contributed by atoms with Crippen LogP contribution in [0, 0.1) is 0 Å². The Bertz CT molecular complexity index is 635. The molecule has 0 unspecified atom stereocenters. The molecule has 1 aromatic rings. The first-order valence-electron chi connectivity index (χ1n) is 8.06. The lowest BCUT2D eigenvalue weighted by molar-refractivity contribution is 0.212. The highest BCUT2D eigenvalue weighted by Gasteiger charge is 2.36. The van der Waals surface area contributed by atoms with Crippen LogP contribution in [0.15, 0.2) is 14.4 Å². The summed E-state index contributed by atoms with van der Waals surface area (Å²) in [5, 5.41) is 0. The molecule has 0 atom stereocenters. The minimum atomic E-state index is -2.52. The van der Waals surface area contributed by atoms with Gasteiger partial charge in [-0.25, -0.2) is 27.1 Å². The molecule has 0 saturated carbocycles. The molecule has 12 nitrogen and oxygen atoms in total. The van der Waals surface area contributed by atoms with E-state index in [0.717, 1.165) is 12.7 Å². The van der Waals surface area contributed by atoms with Crippen molar-refractivity contribution in [2.75, 3.05) is 41.2 Å². The lowest BCUT2D eigenvalue weighted by atomic mass is 10.9. The molecule has 0 N–H and O–H groups in total. The second kappa shape index (κ2) is 11.6. The van der Waals surface area contributed by atoms with Gasteiger partial charge in [0.15, 0.2) is 0 Å². The Morgan fingerprint density at radius 2 is 0.815 bits per heavy atom. The third kappa shape index (κ3) is 5.21. The zero-order chi connectivity index (χ0) is 20.6. The Labute approximate surface area is 161 Å². The lowest BCUT2D eigenvalue weighted by Gasteiger charge is -2.20. The topological polar surface area (TPSA) is 121 Å². The fraction of sp³-hybridized carbons (Fsp3) is 0.750. The van der Waals surface area contributed by atoms with E-state index in [-0.39, 0.29) is 19.8 Å². The van der Waals surface area contributed by atoms with E-state index in [0.29, 0.717) is 0 Å². The number of aromatic nitrogens is 3. The van der Waals surface area contributed by atoms with Crippen LogP contribution in [0.5, 0.6) is 0 Å². The van der Waals surface area contributed by atoms with Crippen LogP contribution >= 0.6 is 0 Å². The predicted octanol–water partition coefficient (Wildman–Crippen LogP) is -2.28. The molecule has 1 aromatic heterocycles. The molecule has 0 aromatic carbocycles. The van der Waals surface area contributed by atoms with Crippen LogP contribution in [-0.4, -0.2) is 82.2 Å². The van der Waals surface area contributed by atoms with Gasteiger partial charge < -0.3 is 26.6 Å². The number of hydrogen-bond donors (Lipinski definition) is 0. The summed E-state index contributed by atoms with van der Waals surface area (Å²) in [7, 11) is -3.64. The van der Waals surface area contributed by atoms with Gasteiger partial charge in [0.25, 0.3) is 0 Å². The summed E-state index contributed by atoms with van der Waals surface area (Å²) >= 11 is 0. The number of nitrogens with zero attached hydrogens (tertiary/aromatic N) is 3. The van der Waals surface area contributed by atoms with E-state index in [1.165, 1.54) is 21.3 Å². The first-order chi connectivity index (χ1) is 12.9. The van der Waals surface area contributed by atoms with E-state index in [1.54, 1.807) is 20.8 Å². The van der Waals surface area contributed by atoms with E-state index in [2.05, 4.69) is 0 Å². The first kappa shape index (κ1) is 23.9. The van der Waals surface area contributed by atoms with Crippen molar-refractivity contribution in [1.29, 1.82) is 0 Å². The molecule has 0 amide bonds. The summed E-state index contributed by atoms with van der Waals surface area (Å²) in [6.07, 6.45) is 0. The monoisotopic (exact) mass is 438 g/mol. The van der Waals surface area contributed by atoms with E-state index in [4.69, 9.17) is 26.6 Å². The van der Waals surface area contributed by atoms with Crippen molar-refractivity contribution >= 4 is 28.3 Å². The Hall–Kier alpha value is -1.18. The van der Waals surface area contributed by atoms with Gasteiger partial charge in [-0.1, -0.05) is 0 Å². The van der Waals surface area contributed by atoms with Crippen LogP contribution in [0.1, 0.15) is 20.8 Å². The van der Waals surface area contributed by atoms with Gasteiger partial charge in [-0.3, -0.25) is 0 Å². The molecule has 0 fully saturated rings. The fourth-order valence-corrected chi connectivity index (χ4v) is 5.90. The molecule has 0 bridgehead atoms. The molecular formula is C12H24N3O9Si3. The lowest BCUT2D eigenvalue weighted by Crippen LogP contribution is -2.66. The smallest absolute Gasteiger partial charge is 0.379 e. The summed E-state index contributed by atoms with van der Waals surface area (Å²) < 4.78 is 34.1. The molecule has 153 valence electrons. The van der Waals surface area contributed by atoms with Crippen molar-refractivity contribution in [1.82, 2.24) is 12.7 Å². The molecule has 0 saturated heterocycles. The van der Waals surface area contributed by atoms with Crippen molar-refractivity contribution < 1.29 is 26.6 Å². The fourth-order valence-electron chi connectivity index (χ4n) is 2.03. The summed E-state index contributed by atoms with van der Waals surface area (Å²) in [4.78, 5) is 38.9. The van der Waals surface area contributed by atoms with Gasteiger partial charge in [-0.15, -0.1) is 0 Å². The second-order valence-corrected chi connectivity index (χ2v) is 9.59. The minimum absolute atomic E-state index is 0.203. The summed E-state index contributed by atoms with van der Waals surface area (Å²) in [5.74, 6) is 0. The van der Waals surface area contributed by atoms with Crippen LogP contribution < -0.4 is 17.1 Å². The third-order valence-electron chi connectivity index (χ3n) is 3.02. The Morgan fingerprint density at radius 3 is 0.963 bits per heavy atom. The van der Waals surface area contributed by atoms with Crippen LogP contribution in [0.3, 0.4) is 0 Å². The van der Waals surface area contributed by atoms with E-state index >= 15 is 0 Å². The molecular weight excluding hydrogens is 414 g/mol. The zero-order valence-corrected chi connectivity index (χ0v) is 19.1. The highest BCUT2D eigenvalue weighted by Crippen LogP contribution is 1.93. The Kier molecular flexibility index (Phi) is 10.3. The van der Waals surface area contributed by atoms with Gasteiger partial charge in [0.2, 0.25) is 0 Å². The average molecular weight is 439 g/mol. The molecule has 27 heavy (non-hydrogen) atoms. The zero-order valence-electron chi connectivity index (χ0n) is 16.1. The average Bonchev–Trinajstić information content (AvgIpc) is 2.65. The molecule has 3 radical (unpaired) electrons. The van der Waals surface area contributed by atoms with E-state index < -0.39 is 45.4 Å². The summed E-state index contributed by atoms with van der Waals surface area (Å²) in [6.45, 7) is 5.69. The molecule has 15 heteroatoms. The van der Waals surface area contributed by atoms with Gasteiger partial charge in [0.05, 0.1) is 0 Å². The summed E-state index contributed by atoms with van der Waals surface area (Å²) in [5.41, 5.74) is -2.78. The number of rotatable bonds is 12. The van der Waals surface area contributed by atoms with Gasteiger partial charge in [0, 0.05) is 41.2 Å². The standard InChI is InChI=1S/C12H24N3O9Si3/c1-7-22-25(19-4)13-10(16)14(26(20-5)23-8-2)12(18)15(11(13)17)27(21-6)24-9-3/h7-9H2,1-6H3. The second-order valence-electron chi connectivity index (χ2n) is 4.56. The molecule has 0 aliphatic rings. The van der Waals surface area contributed by atoms with Crippen molar-refractivity contribution in [3.8, 4) is 0 Å². The molecule has 1 rings (SSSR count). The normalized spacial score (nSPS) is 11.9. The molecule has 1 heterocycles. The molecule has 0 aliphatic carbocycles. The molecule has 0 aliphatic heterocycles. The maximum Gasteiger partial charge on any atom is 0.541 e. The number of hydrogen-bond acceptors (Lipinski definition) is 9. The predicted molar refractivity (Wildman–Crippen MR) is 98.6 cm³/mol. The molecule has 0 spiro atoms. The third-order valence-corrected chi connectivity index (χ3v) is 7.92. The highest BCUT2D eigenvalue weighted by molar-refractivity contribution is 6.45. The van der Waals surface area contributed by atoms with E-state index in [9.17, 15) is 14.4 Å². The SMILES string of the molecule is CCO[Si](OC)n1c(=O)n([Si](OC)OCC)c(=O)n([Si](OC)OCC)c1=O. The van der Waals surface area contributed by atoms with Crippen molar-refractivity contribution in [3.63, 3.8) is 0 Å². The highest BCUT2D eigenvalue weighted by atomic mass is 28.3. The maximum atomic E-state index is 13.0. The maximum absolute atomic E-state index is 13.0. The van der Waals surface area contributed by atoms with Crippen molar-refractivity contribution in [2.24, 2.45) is 0 Å². The van der Waals surface area contributed by atoms with Gasteiger partial charge in [-0.05, 0) is 20.8 Å². The van der Waals surface area contributed by atoms with Gasteiger partial charge in [0.1, 0.15) is 0 Å². The largest absolute Gasteiger partial charge is 0.541 e.